The van der Waals surface area contributed by atoms with E-state index in [4.69, 9.17) is 4.74 Å². The van der Waals surface area contributed by atoms with Crippen LogP contribution in [-0.2, 0) is 9.53 Å². The molecule has 0 aliphatic heterocycles. The van der Waals surface area contributed by atoms with Crippen molar-refractivity contribution in [3.05, 3.63) is 0 Å². The minimum absolute atomic E-state index is 0.0806. The molecule has 0 aromatic carbocycles. The van der Waals surface area contributed by atoms with E-state index in [9.17, 15) is 9.90 Å². The molecule has 0 aromatic rings. The first-order chi connectivity index (χ1) is 7.56. The van der Waals surface area contributed by atoms with Crippen molar-refractivity contribution < 1.29 is 14.6 Å². The summed E-state index contributed by atoms with van der Waals surface area (Å²) >= 11 is 3.10. The molecule has 1 N–H and O–H groups in total. The van der Waals surface area contributed by atoms with E-state index in [2.05, 4.69) is 29.8 Å². The summed E-state index contributed by atoms with van der Waals surface area (Å²) in [6.45, 7) is 4.90. The van der Waals surface area contributed by atoms with E-state index in [0.717, 1.165) is 18.8 Å². The highest BCUT2D eigenvalue weighted by atomic mass is 79.9. The number of halogens is 1. The van der Waals surface area contributed by atoms with E-state index in [1.54, 1.807) is 0 Å². The Kier molecular flexibility index (Phi) is 10.0. The van der Waals surface area contributed by atoms with Crippen LogP contribution in [0, 0.1) is 5.92 Å². The third kappa shape index (κ3) is 10.4. The molecule has 0 heterocycles. The molecule has 0 saturated heterocycles. The Morgan fingerprint density at radius 3 is 2.56 bits per heavy atom. The quantitative estimate of drug-likeness (QED) is 0.404. The average Bonchev–Trinajstić information content (AvgIpc) is 2.22. The number of hydrogen-bond donors (Lipinski definition) is 1. The summed E-state index contributed by atoms with van der Waals surface area (Å²) in [5, 5.41) is 9.60. The van der Waals surface area contributed by atoms with Crippen LogP contribution in [0.4, 0.5) is 0 Å². The standard InChI is InChI=1S/C12H23BrO3/c1-10(2)6-4-3-5-7-16-12(15)8-11(14)9-13/h10-11,14H,3-9H2,1-2H3. The predicted molar refractivity (Wildman–Crippen MR) is 68.7 cm³/mol. The monoisotopic (exact) mass is 294 g/mol. The van der Waals surface area contributed by atoms with Gasteiger partial charge in [0.2, 0.25) is 0 Å². The normalized spacial score (nSPS) is 12.8. The zero-order chi connectivity index (χ0) is 12.4. The van der Waals surface area contributed by atoms with Crippen LogP contribution in [0.1, 0.15) is 46.0 Å². The van der Waals surface area contributed by atoms with Gasteiger partial charge in [0, 0.05) is 5.33 Å². The van der Waals surface area contributed by atoms with Crippen LogP contribution < -0.4 is 0 Å². The number of alkyl halides is 1. The molecule has 1 unspecified atom stereocenters. The molecule has 0 amide bonds. The fourth-order valence-electron chi connectivity index (χ4n) is 1.32. The Balaban J connectivity index is 3.28. The Morgan fingerprint density at radius 2 is 2.00 bits per heavy atom. The highest BCUT2D eigenvalue weighted by Gasteiger charge is 2.09. The van der Waals surface area contributed by atoms with Gasteiger partial charge in [-0.15, -0.1) is 0 Å². The summed E-state index contributed by atoms with van der Waals surface area (Å²) in [6, 6.07) is 0. The number of carbonyl (C=O) groups is 1. The Morgan fingerprint density at radius 1 is 1.31 bits per heavy atom. The fourth-order valence-corrected chi connectivity index (χ4v) is 1.55. The maximum absolute atomic E-state index is 11.2. The van der Waals surface area contributed by atoms with Gasteiger partial charge in [-0.3, -0.25) is 4.79 Å². The van der Waals surface area contributed by atoms with Crippen molar-refractivity contribution in [2.45, 2.75) is 52.1 Å². The Labute approximate surface area is 107 Å². The number of ether oxygens (including phenoxy) is 1. The van der Waals surface area contributed by atoms with E-state index in [1.807, 2.05) is 0 Å². The van der Waals surface area contributed by atoms with Gasteiger partial charge in [-0.2, -0.15) is 0 Å². The first kappa shape index (κ1) is 15.9. The number of esters is 1. The SMILES string of the molecule is CC(C)CCCCCOC(=O)CC(O)CBr. The third-order valence-corrected chi connectivity index (χ3v) is 3.02. The highest BCUT2D eigenvalue weighted by molar-refractivity contribution is 9.09. The first-order valence-electron chi connectivity index (χ1n) is 5.96. The number of aliphatic hydroxyl groups excluding tert-OH is 1. The molecule has 4 heteroatoms. The molecule has 96 valence electrons. The van der Waals surface area contributed by atoms with Crippen molar-refractivity contribution in [1.82, 2.24) is 0 Å². The Hall–Kier alpha value is -0.0900. The molecule has 0 fully saturated rings. The third-order valence-electron chi connectivity index (χ3n) is 2.27. The van der Waals surface area contributed by atoms with Crippen LogP contribution in [0.5, 0.6) is 0 Å². The maximum atomic E-state index is 11.2. The largest absolute Gasteiger partial charge is 0.466 e. The zero-order valence-electron chi connectivity index (χ0n) is 10.2. The molecule has 0 bridgehead atoms. The van der Waals surface area contributed by atoms with Crippen LogP contribution in [0.15, 0.2) is 0 Å². The van der Waals surface area contributed by atoms with Crippen molar-refractivity contribution in [1.29, 1.82) is 0 Å². The van der Waals surface area contributed by atoms with Crippen LogP contribution in [0.25, 0.3) is 0 Å². The van der Waals surface area contributed by atoms with Gasteiger partial charge in [-0.1, -0.05) is 49.0 Å². The number of carbonyl (C=O) groups excluding carboxylic acids is 1. The highest BCUT2D eigenvalue weighted by Crippen LogP contribution is 2.08. The lowest BCUT2D eigenvalue weighted by Crippen LogP contribution is -2.17. The minimum atomic E-state index is -0.631. The van der Waals surface area contributed by atoms with Gasteiger partial charge in [0.1, 0.15) is 0 Å². The summed E-state index contributed by atoms with van der Waals surface area (Å²) in [4.78, 5) is 11.2. The fraction of sp³-hybridized carbons (Fsp3) is 0.917. The maximum Gasteiger partial charge on any atom is 0.308 e. The molecular weight excluding hydrogens is 272 g/mol. The Bertz CT molecular complexity index is 183. The van der Waals surface area contributed by atoms with Gasteiger partial charge in [0.05, 0.1) is 19.1 Å². The number of hydrogen-bond acceptors (Lipinski definition) is 3. The van der Waals surface area contributed by atoms with E-state index >= 15 is 0 Å². The van der Waals surface area contributed by atoms with Gasteiger partial charge in [0.15, 0.2) is 0 Å². The zero-order valence-corrected chi connectivity index (χ0v) is 11.8. The van der Waals surface area contributed by atoms with E-state index in [0.29, 0.717) is 11.9 Å². The second-order valence-electron chi connectivity index (χ2n) is 4.48. The molecule has 0 aliphatic carbocycles. The van der Waals surface area contributed by atoms with Crippen molar-refractivity contribution in [2.24, 2.45) is 5.92 Å². The van der Waals surface area contributed by atoms with Gasteiger partial charge in [-0.25, -0.2) is 0 Å². The topological polar surface area (TPSA) is 46.5 Å². The molecule has 1 atom stereocenters. The summed E-state index contributed by atoms with van der Waals surface area (Å²) in [5.74, 6) is 0.437. The van der Waals surface area contributed by atoms with Crippen LogP contribution in [0.3, 0.4) is 0 Å². The molecule has 0 radical (unpaired) electrons. The van der Waals surface area contributed by atoms with Crippen molar-refractivity contribution >= 4 is 21.9 Å². The average molecular weight is 295 g/mol. The summed E-state index contributed by atoms with van der Waals surface area (Å²) in [6.07, 6.45) is 3.90. The molecule has 0 aliphatic rings. The number of rotatable bonds is 9. The summed E-state index contributed by atoms with van der Waals surface area (Å²) in [7, 11) is 0. The number of aliphatic hydroxyl groups is 1. The first-order valence-corrected chi connectivity index (χ1v) is 7.08. The van der Waals surface area contributed by atoms with E-state index in [-0.39, 0.29) is 12.4 Å². The second kappa shape index (κ2) is 10.1. The second-order valence-corrected chi connectivity index (χ2v) is 5.12. The molecule has 3 nitrogen and oxygen atoms in total. The summed E-state index contributed by atoms with van der Waals surface area (Å²) < 4.78 is 5.00. The van der Waals surface area contributed by atoms with Crippen LogP contribution >= 0.6 is 15.9 Å². The van der Waals surface area contributed by atoms with Crippen molar-refractivity contribution in [3.63, 3.8) is 0 Å². The molecular formula is C12H23BrO3. The minimum Gasteiger partial charge on any atom is -0.466 e. The van der Waals surface area contributed by atoms with Gasteiger partial charge < -0.3 is 9.84 Å². The van der Waals surface area contributed by atoms with Gasteiger partial charge in [0.25, 0.3) is 0 Å². The predicted octanol–water partition coefficient (Wildman–Crippen LogP) is 2.89. The van der Waals surface area contributed by atoms with Crippen molar-refractivity contribution in [2.75, 3.05) is 11.9 Å². The molecule has 16 heavy (non-hydrogen) atoms. The lowest BCUT2D eigenvalue weighted by molar-refractivity contribution is -0.145. The summed E-state index contributed by atoms with van der Waals surface area (Å²) in [5.41, 5.74) is 0. The number of unbranched alkanes of at least 4 members (excludes halogenated alkanes) is 2. The van der Waals surface area contributed by atoms with Crippen molar-refractivity contribution in [3.8, 4) is 0 Å². The molecule has 0 spiro atoms. The van der Waals surface area contributed by atoms with Crippen LogP contribution in [-0.4, -0.2) is 29.1 Å². The molecule has 0 saturated carbocycles. The van der Waals surface area contributed by atoms with Gasteiger partial charge in [-0.05, 0) is 12.3 Å². The van der Waals surface area contributed by atoms with E-state index in [1.165, 1.54) is 12.8 Å². The lowest BCUT2D eigenvalue weighted by atomic mass is 10.1. The lowest BCUT2D eigenvalue weighted by Gasteiger charge is -2.08. The molecule has 0 aromatic heterocycles. The van der Waals surface area contributed by atoms with Crippen LogP contribution in [0.2, 0.25) is 0 Å². The van der Waals surface area contributed by atoms with E-state index < -0.39 is 6.10 Å². The smallest absolute Gasteiger partial charge is 0.308 e. The van der Waals surface area contributed by atoms with Gasteiger partial charge >= 0.3 is 5.97 Å². The molecule has 0 rings (SSSR count).